The quantitative estimate of drug-likeness (QED) is 0.455. The van der Waals surface area contributed by atoms with Crippen molar-refractivity contribution in [2.45, 2.75) is 0 Å². The second-order valence-corrected chi connectivity index (χ2v) is 0.714. The third-order valence-corrected chi connectivity index (χ3v) is 0.298. The van der Waals surface area contributed by atoms with Gasteiger partial charge in [-0.1, -0.05) is 0 Å². The van der Waals surface area contributed by atoms with Gasteiger partial charge in [0.05, 0.1) is 12.7 Å². The third-order valence-electron chi connectivity index (χ3n) is 0.298. The lowest BCUT2D eigenvalue weighted by molar-refractivity contribution is 0.343. The first-order chi connectivity index (χ1) is 2.91. The molecule has 0 bridgehead atoms. The van der Waals surface area contributed by atoms with Crippen molar-refractivity contribution in [1.29, 1.82) is 5.26 Å². The highest BCUT2D eigenvalue weighted by Gasteiger charge is 1.58. The summed E-state index contributed by atoms with van der Waals surface area (Å²) in [6, 6.07) is 1.73. The van der Waals surface area contributed by atoms with Gasteiger partial charge < -0.3 is 5.11 Å². The molecule has 1 N–H and O–H groups in total. The Morgan fingerprint density at radius 2 is 2.50 bits per heavy atom. The summed E-state index contributed by atoms with van der Waals surface area (Å²) in [5.74, 6) is 0. The van der Waals surface area contributed by atoms with E-state index in [-0.39, 0.29) is 6.61 Å². The molecule has 0 unspecified atom stereocenters. The molecule has 2 nitrogen and oxygen atoms in total. The molecule has 32 valence electrons. The van der Waals surface area contributed by atoms with Crippen LogP contribution in [0, 0.1) is 11.3 Å². The van der Waals surface area contributed by atoms with Crippen LogP contribution in [0.15, 0.2) is 12.2 Å². The van der Waals surface area contributed by atoms with Crippen LogP contribution in [0.25, 0.3) is 0 Å². The van der Waals surface area contributed by atoms with E-state index in [2.05, 4.69) is 0 Å². The van der Waals surface area contributed by atoms with Crippen LogP contribution >= 0.6 is 0 Å². The van der Waals surface area contributed by atoms with Crippen LogP contribution in [0.5, 0.6) is 0 Å². The van der Waals surface area contributed by atoms with E-state index in [9.17, 15) is 0 Å². The van der Waals surface area contributed by atoms with Crippen LogP contribution in [0.4, 0.5) is 0 Å². The van der Waals surface area contributed by atoms with E-state index in [4.69, 9.17) is 10.4 Å². The maximum atomic E-state index is 7.96. The Kier molecular flexibility index (Phi) is 3.62. The summed E-state index contributed by atoms with van der Waals surface area (Å²) in [4.78, 5) is 0. The molecular formula is C4H5NO. The van der Waals surface area contributed by atoms with E-state index in [1.807, 2.05) is 0 Å². The van der Waals surface area contributed by atoms with Gasteiger partial charge in [-0.15, -0.1) is 0 Å². The molecule has 0 spiro atoms. The lowest BCUT2D eigenvalue weighted by atomic mass is 10.5. The fourth-order valence-electron chi connectivity index (χ4n) is 0.105. The summed E-state index contributed by atoms with van der Waals surface area (Å²) in [6.45, 7) is -0.0481. The number of hydrogen-bond acceptors (Lipinski definition) is 2. The Morgan fingerprint density at radius 3 is 2.67 bits per heavy atom. The average molecular weight is 83.1 g/mol. The molecular weight excluding hydrogens is 78.0 g/mol. The number of aliphatic hydroxyl groups is 1. The fraction of sp³-hybridized carbons (Fsp3) is 0.250. The van der Waals surface area contributed by atoms with E-state index < -0.39 is 0 Å². The smallest absolute Gasteiger partial charge is 0.0909 e. The summed E-state index contributed by atoms with van der Waals surface area (Å²) in [6.07, 6.45) is 2.61. The SMILES string of the molecule is N#CC=CCO. The molecule has 0 aromatic carbocycles. The van der Waals surface area contributed by atoms with E-state index in [0.717, 1.165) is 0 Å². The zero-order valence-corrected chi connectivity index (χ0v) is 3.26. The van der Waals surface area contributed by atoms with Gasteiger partial charge in [0, 0.05) is 6.08 Å². The number of rotatable bonds is 1. The van der Waals surface area contributed by atoms with Crippen LogP contribution < -0.4 is 0 Å². The largest absolute Gasteiger partial charge is 0.392 e. The van der Waals surface area contributed by atoms with Crippen molar-refractivity contribution in [3.8, 4) is 6.07 Å². The summed E-state index contributed by atoms with van der Waals surface area (Å²) in [5, 5.41) is 15.7. The third kappa shape index (κ3) is 3.19. The van der Waals surface area contributed by atoms with Crippen LogP contribution in [-0.4, -0.2) is 11.7 Å². The first-order valence-corrected chi connectivity index (χ1v) is 1.57. The molecule has 2 heteroatoms. The lowest BCUT2D eigenvalue weighted by Gasteiger charge is -1.65. The molecule has 0 atom stereocenters. The zero-order chi connectivity index (χ0) is 4.83. The topological polar surface area (TPSA) is 44.0 Å². The van der Waals surface area contributed by atoms with E-state index in [1.54, 1.807) is 6.07 Å². The Balaban J connectivity index is 3.02. The van der Waals surface area contributed by atoms with Gasteiger partial charge in [0.15, 0.2) is 0 Å². The molecule has 0 heterocycles. The van der Waals surface area contributed by atoms with Gasteiger partial charge in [0.25, 0.3) is 0 Å². The van der Waals surface area contributed by atoms with Gasteiger partial charge in [-0.3, -0.25) is 0 Å². The Bertz CT molecular complexity index is 80.0. The first-order valence-electron chi connectivity index (χ1n) is 1.57. The van der Waals surface area contributed by atoms with Crippen molar-refractivity contribution in [2.24, 2.45) is 0 Å². The molecule has 0 aliphatic rings. The standard InChI is InChI=1S/C4H5NO/c5-3-1-2-4-6/h1-2,6H,4H2. The molecule has 0 fully saturated rings. The second kappa shape index (κ2) is 4.19. The second-order valence-electron chi connectivity index (χ2n) is 0.714. The summed E-state index contributed by atoms with van der Waals surface area (Å²) in [5.41, 5.74) is 0. The van der Waals surface area contributed by atoms with Crippen LogP contribution in [0.1, 0.15) is 0 Å². The van der Waals surface area contributed by atoms with Crippen LogP contribution in [0.2, 0.25) is 0 Å². The summed E-state index contributed by atoms with van der Waals surface area (Å²) < 4.78 is 0. The Morgan fingerprint density at radius 1 is 1.83 bits per heavy atom. The predicted octanol–water partition coefficient (Wildman–Crippen LogP) is 0.0585. The lowest BCUT2D eigenvalue weighted by Crippen LogP contribution is -1.66. The van der Waals surface area contributed by atoms with Crippen LogP contribution in [-0.2, 0) is 0 Å². The van der Waals surface area contributed by atoms with Gasteiger partial charge in [0.2, 0.25) is 0 Å². The van der Waals surface area contributed by atoms with Crippen molar-refractivity contribution in [3.63, 3.8) is 0 Å². The van der Waals surface area contributed by atoms with Gasteiger partial charge in [-0.25, -0.2) is 0 Å². The molecule has 0 saturated carbocycles. The van der Waals surface area contributed by atoms with E-state index in [0.29, 0.717) is 0 Å². The van der Waals surface area contributed by atoms with Crippen molar-refractivity contribution < 1.29 is 5.11 Å². The molecule has 0 amide bonds. The number of hydrogen-bond donors (Lipinski definition) is 1. The van der Waals surface area contributed by atoms with Crippen molar-refractivity contribution in [1.82, 2.24) is 0 Å². The number of allylic oxidation sites excluding steroid dienone is 1. The Hall–Kier alpha value is -0.810. The predicted molar refractivity (Wildman–Crippen MR) is 21.8 cm³/mol. The molecule has 0 aliphatic carbocycles. The minimum absolute atomic E-state index is 0.0481. The molecule has 0 aliphatic heterocycles. The highest BCUT2D eigenvalue weighted by molar-refractivity contribution is 5.00. The minimum Gasteiger partial charge on any atom is -0.392 e. The molecule has 0 rings (SSSR count). The zero-order valence-electron chi connectivity index (χ0n) is 3.26. The first kappa shape index (κ1) is 5.19. The van der Waals surface area contributed by atoms with Crippen molar-refractivity contribution in [2.75, 3.05) is 6.61 Å². The highest BCUT2D eigenvalue weighted by atomic mass is 16.2. The summed E-state index contributed by atoms with van der Waals surface area (Å²) in [7, 11) is 0. The normalized spacial score (nSPS) is 8.67. The number of nitriles is 1. The van der Waals surface area contributed by atoms with Gasteiger partial charge >= 0.3 is 0 Å². The number of nitrogens with zero attached hydrogens (tertiary/aromatic N) is 1. The maximum absolute atomic E-state index is 7.96. The van der Waals surface area contributed by atoms with Gasteiger partial charge in [-0.05, 0) is 6.08 Å². The highest BCUT2D eigenvalue weighted by Crippen LogP contribution is 1.61. The molecule has 0 radical (unpaired) electrons. The fourth-order valence-corrected chi connectivity index (χ4v) is 0.105. The molecule has 0 aromatic heterocycles. The van der Waals surface area contributed by atoms with Gasteiger partial charge in [-0.2, -0.15) is 5.26 Å². The van der Waals surface area contributed by atoms with E-state index >= 15 is 0 Å². The minimum atomic E-state index is -0.0481. The molecule has 0 aromatic rings. The van der Waals surface area contributed by atoms with Crippen molar-refractivity contribution >= 4 is 0 Å². The van der Waals surface area contributed by atoms with Gasteiger partial charge in [0.1, 0.15) is 0 Å². The summed E-state index contributed by atoms with van der Waals surface area (Å²) >= 11 is 0. The molecule has 6 heavy (non-hydrogen) atoms. The number of aliphatic hydroxyl groups excluding tert-OH is 1. The molecule has 0 saturated heterocycles. The monoisotopic (exact) mass is 83.0 g/mol. The van der Waals surface area contributed by atoms with Crippen LogP contribution in [0.3, 0.4) is 0 Å². The van der Waals surface area contributed by atoms with E-state index in [1.165, 1.54) is 12.2 Å². The average Bonchev–Trinajstić information content (AvgIpc) is 1.61. The van der Waals surface area contributed by atoms with Crippen molar-refractivity contribution in [3.05, 3.63) is 12.2 Å². The maximum Gasteiger partial charge on any atom is 0.0909 e. The Labute approximate surface area is 36.3 Å².